The number of aliphatic hydroxyl groups is 2. The van der Waals surface area contributed by atoms with Gasteiger partial charge in [-0.1, -0.05) is 23.7 Å². The number of likely N-dealkylation sites (tertiary alicyclic amines) is 1. The summed E-state index contributed by atoms with van der Waals surface area (Å²) in [5, 5.41) is 22.8. The average molecular weight is 501 g/mol. The molecule has 1 aliphatic heterocycles. The summed E-state index contributed by atoms with van der Waals surface area (Å²) >= 11 is 8.05. The summed E-state index contributed by atoms with van der Waals surface area (Å²) in [5.41, 5.74) is 1.74. The lowest BCUT2D eigenvalue weighted by Crippen LogP contribution is -2.43. The molecule has 0 unspecified atom stereocenters. The third-order valence-electron chi connectivity index (χ3n) is 6.86. The van der Waals surface area contributed by atoms with E-state index in [-0.39, 0.29) is 12.5 Å². The average Bonchev–Trinajstić information content (AvgIpc) is 2.88. The van der Waals surface area contributed by atoms with Gasteiger partial charge in [0, 0.05) is 41.9 Å². The quantitative estimate of drug-likeness (QED) is 0.362. The summed E-state index contributed by atoms with van der Waals surface area (Å²) in [6, 6.07) is 15.6. The molecule has 2 N–H and O–H groups in total. The molecule has 0 saturated carbocycles. The van der Waals surface area contributed by atoms with Crippen molar-refractivity contribution in [1.29, 1.82) is 0 Å². The van der Waals surface area contributed by atoms with Gasteiger partial charge in [0.05, 0.1) is 23.8 Å². The Morgan fingerprint density at radius 3 is 2.85 bits per heavy atom. The van der Waals surface area contributed by atoms with Crippen molar-refractivity contribution in [3.8, 4) is 5.75 Å². The maximum atomic E-state index is 11.0. The summed E-state index contributed by atoms with van der Waals surface area (Å²) in [7, 11) is 1.64. The summed E-state index contributed by atoms with van der Waals surface area (Å²) in [5.74, 6) is 2.38. The van der Waals surface area contributed by atoms with Crippen LogP contribution in [-0.2, 0) is 0 Å². The fourth-order valence-corrected chi connectivity index (χ4v) is 6.13. The van der Waals surface area contributed by atoms with Crippen molar-refractivity contribution in [2.75, 3.05) is 39.1 Å². The van der Waals surface area contributed by atoms with Crippen LogP contribution in [0, 0.1) is 11.8 Å². The van der Waals surface area contributed by atoms with Crippen molar-refractivity contribution < 1.29 is 14.9 Å². The van der Waals surface area contributed by atoms with Crippen LogP contribution < -0.4 is 4.74 Å². The highest BCUT2D eigenvalue weighted by Gasteiger charge is 2.29. The lowest BCUT2D eigenvalue weighted by atomic mass is 9.81. The first-order valence-electron chi connectivity index (χ1n) is 11.9. The predicted molar refractivity (Wildman–Crippen MR) is 140 cm³/mol. The highest BCUT2D eigenvalue weighted by molar-refractivity contribution is 7.99. The minimum absolute atomic E-state index is 0.185. The van der Waals surface area contributed by atoms with E-state index in [0.29, 0.717) is 12.3 Å². The number of halogens is 1. The number of methoxy groups -OCH3 is 1. The van der Waals surface area contributed by atoms with Crippen LogP contribution in [0.5, 0.6) is 5.75 Å². The molecular formula is C27H33ClN2O3S. The maximum Gasteiger partial charge on any atom is 0.119 e. The SMILES string of the molecule is COc1ccc2nccc([C@H](O)CC[C@@H]3CCN(CCSc4ccccc4Cl)C[C@@H]3CO)c2c1. The topological polar surface area (TPSA) is 65.8 Å². The van der Waals surface area contributed by atoms with E-state index >= 15 is 0 Å². The molecule has 182 valence electrons. The van der Waals surface area contributed by atoms with Crippen molar-refractivity contribution in [2.24, 2.45) is 11.8 Å². The molecule has 0 bridgehead atoms. The number of hydrogen-bond acceptors (Lipinski definition) is 6. The van der Waals surface area contributed by atoms with E-state index in [9.17, 15) is 10.2 Å². The third kappa shape index (κ3) is 6.23. The van der Waals surface area contributed by atoms with Crippen LogP contribution in [0.4, 0.5) is 0 Å². The lowest BCUT2D eigenvalue weighted by Gasteiger charge is -2.38. The maximum absolute atomic E-state index is 11.0. The Labute approximate surface area is 211 Å². The monoisotopic (exact) mass is 500 g/mol. The number of hydrogen-bond donors (Lipinski definition) is 2. The van der Waals surface area contributed by atoms with E-state index in [2.05, 4.69) is 16.0 Å². The van der Waals surface area contributed by atoms with Gasteiger partial charge in [0.25, 0.3) is 0 Å². The molecule has 2 heterocycles. The van der Waals surface area contributed by atoms with Crippen LogP contribution in [0.1, 0.15) is 30.9 Å². The molecule has 1 fully saturated rings. The molecule has 0 radical (unpaired) electrons. The Bertz CT molecular complexity index is 1080. The van der Waals surface area contributed by atoms with Gasteiger partial charge in [0.15, 0.2) is 0 Å². The Balaban J connectivity index is 1.30. The first-order valence-corrected chi connectivity index (χ1v) is 13.3. The number of thioether (sulfide) groups is 1. The van der Waals surface area contributed by atoms with Gasteiger partial charge in [-0.05, 0) is 79.6 Å². The molecule has 4 rings (SSSR count). The van der Waals surface area contributed by atoms with Crippen LogP contribution in [0.2, 0.25) is 5.02 Å². The second-order valence-corrected chi connectivity index (χ2v) is 10.5. The van der Waals surface area contributed by atoms with Crippen LogP contribution >= 0.6 is 23.4 Å². The van der Waals surface area contributed by atoms with Crippen molar-refractivity contribution in [3.05, 3.63) is 65.3 Å². The normalized spacial score (nSPS) is 19.9. The Morgan fingerprint density at radius 2 is 2.06 bits per heavy atom. The summed E-state index contributed by atoms with van der Waals surface area (Å²) < 4.78 is 5.36. The fourth-order valence-electron chi connectivity index (χ4n) is 4.88. The second kappa shape index (κ2) is 12.2. The Morgan fingerprint density at radius 1 is 1.21 bits per heavy atom. The number of ether oxygens (including phenoxy) is 1. The molecule has 5 nitrogen and oxygen atoms in total. The molecular weight excluding hydrogens is 468 g/mol. The van der Waals surface area contributed by atoms with Gasteiger partial charge in [-0.3, -0.25) is 4.98 Å². The van der Waals surface area contributed by atoms with E-state index < -0.39 is 6.10 Å². The molecule has 0 spiro atoms. The minimum Gasteiger partial charge on any atom is -0.497 e. The zero-order valence-corrected chi connectivity index (χ0v) is 21.1. The van der Waals surface area contributed by atoms with Gasteiger partial charge >= 0.3 is 0 Å². The first-order chi connectivity index (χ1) is 16.6. The van der Waals surface area contributed by atoms with Crippen molar-refractivity contribution in [1.82, 2.24) is 9.88 Å². The van der Waals surface area contributed by atoms with Gasteiger partial charge in [-0.15, -0.1) is 11.8 Å². The van der Waals surface area contributed by atoms with E-state index in [1.54, 1.807) is 25.1 Å². The molecule has 2 aromatic carbocycles. The van der Waals surface area contributed by atoms with Gasteiger partial charge in [-0.25, -0.2) is 0 Å². The molecule has 0 amide bonds. The van der Waals surface area contributed by atoms with Crippen LogP contribution in [-0.4, -0.2) is 59.2 Å². The van der Waals surface area contributed by atoms with Gasteiger partial charge < -0.3 is 19.8 Å². The third-order valence-corrected chi connectivity index (χ3v) is 8.36. The Hall–Kier alpha value is -1.83. The first kappa shape index (κ1) is 25.3. The number of aliphatic hydroxyl groups excluding tert-OH is 2. The molecule has 0 aliphatic carbocycles. The molecule has 34 heavy (non-hydrogen) atoms. The standard InChI is InChI=1S/C27H33ClN2O3S/c1-33-21-7-8-25-23(16-21)22(10-12-29-25)26(32)9-6-19-11-13-30(17-20(19)18-31)14-15-34-27-5-3-2-4-24(27)28/h2-5,7-8,10,12,16,19-20,26,31-32H,6,9,11,13-15,17-18H2,1H3/t19-,20-,26-/m1/s1. The van der Waals surface area contributed by atoms with Gasteiger partial charge in [-0.2, -0.15) is 0 Å². The van der Waals surface area contributed by atoms with E-state index in [1.165, 1.54) is 0 Å². The number of nitrogens with zero attached hydrogens (tertiary/aromatic N) is 2. The van der Waals surface area contributed by atoms with Crippen molar-refractivity contribution in [3.63, 3.8) is 0 Å². The van der Waals surface area contributed by atoms with Crippen LogP contribution in [0.3, 0.4) is 0 Å². The smallest absolute Gasteiger partial charge is 0.119 e. The highest BCUT2D eigenvalue weighted by atomic mass is 35.5. The number of aromatic nitrogens is 1. The summed E-state index contributed by atoms with van der Waals surface area (Å²) in [6.07, 6.45) is 3.78. The fraction of sp³-hybridized carbons (Fsp3) is 0.444. The molecule has 7 heteroatoms. The van der Waals surface area contributed by atoms with E-state index in [0.717, 1.165) is 70.4 Å². The highest BCUT2D eigenvalue weighted by Crippen LogP contribution is 2.34. The molecule has 3 aromatic rings. The van der Waals surface area contributed by atoms with Gasteiger partial charge in [0.1, 0.15) is 5.75 Å². The molecule has 1 aromatic heterocycles. The van der Waals surface area contributed by atoms with E-state index in [4.69, 9.17) is 16.3 Å². The van der Waals surface area contributed by atoms with Crippen LogP contribution in [0.15, 0.2) is 59.6 Å². The summed E-state index contributed by atoms with van der Waals surface area (Å²) in [4.78, 5) is 7.98. The van der Waals surface area contributed by atoms with Crippen LogP contribution in [0.25, 0.3) is 10.9 Å². The number of benzene rings is 2. The lowest BCUT2D eigenvalue weighted by molar-refractivity contribution is 0.0608. The molecule has 1 aliphatic rings. The second-order valence-electron chi connectivity index (χ2n) is 8.95. The summed E-state index contributed by atoms with van der Waals surface area (Å²) in [6.45, 7) is 3.09. The molecule has 1 saturated heterocycles. The Kier molecular flexibility index (Phi) is 9.09. The number of rotatable bonds is 10. The predicted octanol–water partition coefficient (Wildman–Crippen LogP) is 5.43. The van der Waals surface area contributed by atoms with Crippen molar-refractivity contribution >= 4 is 34.3 Å². The van der Waals surface area contributed by atoms with Gasteiger partial charge in [0.2, 0.25) is 0 Å². The number of fused-ring (bicyclic) bond motifs is 1. The zero-order chi connectivity index (χ0) is 23.9. The zero-order valence-electron chi connectivity index (χ0n) is 19.6. The number of pyridine rings is 1. The largest absolute Gasteiger partial charge is 0.497 e. The van der Waals surface area contributed by atoms with Crippen molar-refractivity contribution in [2.45, 2.75) is 30.3 Å². The molecule has 3 atom stereocenters. The number of piperidine rings is 1. The minimum atomic E-state index is -0.568. The van der Waals surface area contributed by atoms with E-state index in [1.807, 2.05) is 42.5 Å².